The van der Waals surface area contributed by atoms with E-state index in [4.69, 9.17) is 10.8 Å². The molecule has 7 heteroatoms. The van der Waals surface area contributed by atoms with Gasteiger partial charge >= 0.3 is 5.69 Å². The highest BCUT2D eigenvalue weighted by Crippen LogP contribution is 1.93. The van der Waals surface area contributed by atoms with Crippen LogP contribution in [0.3, 0.4) is 0 Å². The number of aromatic nitrogens is 3. The van der Waals surface area contributed by atoms with Crippen molar-refractivity contribution in [1.82, 2.24) is 15.0 Å². The monoisotopic (exact) mass is 169 g/mol. The molecule has 7 nitrogen and oxygen atoms in total. The number of nitrogens with one attached hydrogen (secondary N) is 2. The molecule has 0 bridgehead atoms. The summed E-state index contributed by atoms with van der Waals surface area (Å²) in [6.07, 6.45) is 1.91. The van der Waals surface area contributed by atoms with Gasteiger partial charge in [0.15, 0.2) is 0 Å². The molecule has 0 unspecified atom stereocenters. The molecule has 0 aliphatic heterocycles. The number of anilines is 2. The Morgan fingerprint density at radius 1 is 1.58 bits per heavy atom. The lowest BCUT2D eigenvalue weighted by atomic mass is 10.8. The zero-order valence-corrected chi connectivity index (χ0v) is 5.98. The molecule has 0 aliphatic carbocycles. The molecule has 0 saturated carbocycles. The Morgan fingerprint density at radius 2 is 2.33 bits per heavy atom. The van der Waals surface area contributed by atoms with E-state index in [0.29, 0.717) is 0 Å². The van der Waals surface area contributed by atoms with Crippen LogP contribution in [0.15, 0.2) is 17.3 Å². The van der Waals surface area contributed by atoms with Crippen LogP contribution in [0.25, 0.3) is 0 Å². The van der Waals surface area contributed by atoms with Gasteiger partial charge in [0.2, 0.25) is 11.9 Å². The van der Waals surface area contributed by atoms with Gasteiger partial charge in [0.1, 0.15) is 0 Å². The van der Waals surface area contributed by atoms with Crippen molar-refractivity contribution in [3.63, 3.8) is 0 Å². The third-order valence-corrected chi connectivity index (χ3v) is 0.956. The first-order chi connectivity index (χ1) is 5.72. The fraction of sp³-hybridized carbons (Fsp3) is 0. The number of aliphatic hydroxyl groups is 1. The summed E-state index contributed by atoms with van der Waals surface area (Å²) in [6.45, 7) is 0. The molecule has 0 fully saturated rings. The molecule has 0 amide bonds. The number of rotatable bonds is 2. The van der Waals surface area contributed by atoms with Crippen molar-refractivity contribution in [3.8, 4) is 0 Å². The van der Waals surface area contributed by atoms with Gasteiger partial charge in [-0.25, -0.2) is 4.79 Å². The summed E-state index contributed by atoms with van der Waals surface area (Å²) in [7, 11) is 0. The molecule has 64 valence electrons. The normalized spacial score (nSPS) is 10.3. The molecule has 0 radical (unpaired) electrons. The molecule has 0 saturated heterocycles. The molecule has 1 rings (SSSR count). The van der Waals surface area contributed by atoms with E-state index in [1.807, 2.05) is 0 Å². The first-order valence-electron chi connectivity index (χ1n) is 3.02. The van der Waals surface area contributed by atoms with E-state index in [2.05, 4.69) is 20.3 Å². The summed E-state index contributed by atoms with van der Waals surface area (Å²) in [6, 6.07) is 0. The van der Waals surface area contributed by atoms with Crippen molar-refractivity contribution in [2.24, 2.45) is 0 Å². The van der Waals surface area contributed by atoms with Gasteiger partial charge in [-0.05, 0) is 0 Å². The smallest absolute Gasteiger partial charge is 0.350 e. The lowest BCUT2D eigenvalue weighted by Gasteiger charge is -1.96. The Morgan fingerprint density at radius 3 is 2.92 bits per heavy atom. The maximum Gasteiger partial charge on any atom is 0.350 e. The average molecular weight is 169 g/mol. The van der Waals surface area contributed by atoms with Gasteiger partial charge in [-0.3, -0.25) is 4.98 Å². The van der Waals surface area contributed by atoms with E-state index in [-0.39, 0.29) is 11.9 Å². The van der Waals surface area contributed by atoms with Crippen LogP contribution in [0, 0.1) is 0 Å². The fourth-order valence-corrected chi connectivity index (χ4v) is 0.577. The quantitative estimate of drug-likeness (QED) is 0.430. The zero-order valence-electron chi connectivity index (χ0n) is 5.98. The number of nitrogens with two attached hydrogens (primary N) is 1. The standard InChI is InChI=1S/C5H7N5O2/c6-3-8-4(7-1-2-11)10-5(12)9-3/h1-2,11H,(H4,6,7,8,9,10,12)/b2-1+. The van der Waals surface area contributed by atoms with Crippen LogP contribution >= 0.6 is 0 Å². The predicted octanol–water partition coefficient (Wildman–Crippen LogP) is -0.812. The molecular formula is C5H7N5O2. The third-order valence-electron chi connectivity index (χ3n) is 0.956. The number of aromatic amines is 1. The number of nitrogen functional groups attached to an aromatic ring is 1. The van der Waals surface area contributed by atoms with Crippen molar-refractivity contribution in [3.05, 3.63) is 22.9 Å². The van der Waals surface area contributed by atoms with Crippen LogP contribution in [0.5, 0.6) is 0 Å². The van der Waals surface area contributed by atoms with Crippen LogP contribution < -0.4 is 16.7 Å². The Bertz CT molecular complexity index is 344. The van der Waals surface area contributed by atoms with Gasteiger partial charge in [0.05, 0.1) is 6.26 Å². The van der Waals surface area contributed by atoms with Gasteiger partial charge in [-0.2, -0.15) is 9.97 Å². The molecule has 5 N–H and O–H groups in total. The molecular weight excluding hydrogens is 162 g/mol. The molecule has 0 atom stereocenters. The summed E-state index contributed by atoms with van der Waals surface area (Å²) in [5.74, 6) is -0.00890. The van der Waals surface area contributed by atoms with Gasteiger partial charge in [-0.1, -0.05) is 0 Å². The lowest BCUT2D eigenvalue weighted by molar-refractivity contribution is 0.473. The second-order valence-corrected chi connectivity index (χ2v) is 1.82. The molecule has 0 aliphatic rings. The topological polar surface area (TPSA) is 117 Å². The minimum Gasteiger partial charge on any atom is -0.514 e. The predicted molar refractivity (Wildman–Crippen MR) is 42.5 cm³/mol. The lowest BCUT2D eigenvalue weighted by Crippen LogP contribution is -2.16. The molecule has 1 aromatic rings. The van der Waals surface area contributed by atoms with Crippen LogP contribution in [-0.2, 0) is 0 Å². The Balaban J connectivity index is 2.93. The third kappa shape index (κ3) is 1.97. The highest BCUT2D eigenvalue weighted by Gasteiger charge is 1.95. The number of hydrogen-bond donors (Lipinski definition) is 4. The minimum absolute atomic E-state index is 0.0292. The van der Waals surface area contributed by atoms with Crippen LogP contribution in [0.1, 0.15) is 0 Å². The number of nitrogens with zero attached hydrogens (tertiary/aromatic N) is 2. The highest BCUT2D eigenvalue weighted by molar-refractivity contribution is 5.31. The number of aliphatic hydroxyl groups excluding tert-OH is 1. The Labute approximate surface area is 67.0 Å². The molecule has 1 aromatic heterocycles. The van der Waals surface area contributed by atoms with Crippen LogP contribution in [0.2, 0.25) is 0 Å². The van der Waals surface area contributed by atoms with Crippen LogP contribution in [0.4, 0.5) is 11.9 Å². The zero-order chi connectivity index (χ0) is 8.97. The van der Waals surface area contributed by atoms with E-state index in [1.165, 1.54) is 0 Å². The average Bonchev–Trinajstić information content (AvgIpc) is 1.99. The van der Waals surface area contributed by atoms with E-state index < -0.39 is 5.69 Å². The summed E-state index contributed by atoms with van der Waals surface area (Å²) >= 11 is 0. The first kappa shape index (κ1) is 8.05. The van der Waals surface area contributed by atoms with Crippen LogP contribution in [-0.4, -0.2) is 20.1 Å². The van der Waals surface area contributed by atoms with Crippen molar-refractivity contribution < 1.29 is 5.11 Å². The van der Waals surface area contributed by atoms with E-state index in [0.717, 1.165) is 12.5 Å². The van der Waals surface area contributed by atoms with Gasteiger partial charge in [0, 0.05) is 6.20 Å². The van der Waals surface area contributed by atoms with Crippen molar-refractivity contribution in [2.45, 2.75) is 0 Å². The van der Waals surface area contributed by atoms with E-state index in [9.17, 15) is 4.79 Å². The molecule has 0 spiro atoms. The maximum absolute atomic E-state index is 10.7. The summed E-state index contributed by atoms with van der Waals surface area (Å²) in [4.78, 5) is 19.8. The van der Waals surface area contributed by atoms with E-state index >= 15 is 0 Å². The second-order valence-electron chi connectivity index (χ2n) is 1.82. The molecule has 0 aromatic carbocycles. The highest BCUT2D eigenvalue weighted by atomic mass is 16.2. The van der Waals surface area contributed by atoms with Crippen molar-refractivity contribution >= 4 is 11.9 Å². The minimum atomic E-state index is -0.601. The SMILES string of the molecule is Nc1nc(N/C=C/O)nc(=O)[nH]1. The fourth-order valence-electron chi connectivity index (χ4n) is 0.577. The second kappa shape index (κ2) is 3.37. The maximum atomic E-state index is 10.7. The first-order valence-corrected chi connectivity index (χ1v) is 3.02. The van der Waals surface area contributed by atoms with Crippen molar-refractivity contribution in [1.29, 1.82) is 0 Å². The largest absolute Gasteiger partial charge is 0.514 e. The van der Waals surface area contributed by atoms with Gasteiger partial charge in [-0.15, -0.1) is 0 Å². The summed E-state index contributed by atoms with van der Waals surface area (Å²) in [5.41, 5.74) is 4.60. The van der Waals surface area contributed by atoms with Gasteiger partial charge < -0.3 is 16.2 Å². The molecule has 12 heavy (non-hydrogen) atoms. The Kier molecular flexibility index (Phi) is 2.26. The van der Waals surface area contributed by atoms with Gasteiger partial charge in [0.25, 0.3) is 0 Å². The summed E-state index contributed by atoms with van der Waals surface area (Å²) in [5, 5.41) is 10.7. The summed E-state index contributed by atoms with van der Waals surface area (Å²) < 4.78 is 0. The Hall–Kier alpha value is -2.05. The number of hydrogen-bond acceptors (Lipinski definition) is 6. The van der Waals surface area contributed by atoms with Crippen molar-refractivity contribution in [2.75, 3.05) is 11.1 Å². The van der Waals surface area contributed by atoms with E-state index in [1.54, 1.807) is 0 Å². The molecule has 1 heterocycles. The number of H-pyrrole nitrogens is 1.